The lowest BCUT2D eigenvalue weighted by Gasteiger charge is -2.21. The summed E-state index contributed by atoms with van der Waals surface area (Å²) >= 11 is 0. The molecule has 2 aromatic heterocycles. The fraction of sp³-hybridized carbons (Fsp3) is 0.129. The Hall–Kier alpha value is -4.65. The lowest BCUT2D eigenvalue weighted by molar-refractivity contribution is 0.544. The van der Waals surface area contributed by atoms with Crippen LogP contribution in [0.15, 0.2) is 95.2 Å². The third-order valence-corrected chi connectivity index (χ3v) is 6.50. The second kappa shape index (κ2) is 10.0. The van der Waals surface area contributed by atoms with E-state index >= 15 is 0 Å². The molecule has 0 aliphatic carbocycles. The number of pyridine rings is 1. The number of halogens is 2. The third kappa shape index (κ3) is 4.26. The van der Waals surface area contributed by atoms with Crippen LogP contribution in [0.1, 0.15) is 38.1 Å². The molecule has 0 N–H and O–H groups in total. The molecule has 0 fully saturated rings. The Kier molecular flexibility index (Phi) is 6.59. The molecule has 5 aromatic rings. The maximum Gasteiger partial charge on any atom is 0.266 e. The normalized spacial score (nSPS) is 12.3. The van der Waals surface area contributed by atoms with Crippen molar-refractivity contribution in [2.45, 2.75) is 26.8 Å². The number of hydrogen-bond donors (Lipinski definition) is 0. The maximum atomic E-state index is 14.8. The van der Waals surface area contributed by atoms with E-state index in [2.05, 4.69) is 11.6 Å². The van der Waals surface area contributed by atoms with Crippen LogP contribution >= 0.6 is 0 Å². The average Bonchev–Trinajstić information content (AvgIpc) is 3.28. The summed E-state index contributed by atoms with van der Waals surface area (Å²) in [6.07, 6.45) is 1.65. The standard InChI is InChI=1S/C31H26F2N4O/c1-5-34-30-27(19(2)3)29(22-12-9-13-23(32)17-22)35-37(30)20(4)26-18-21-11-10-16-25(33)28(21)31(38)36(26)24-14-7-6-8-15-24/h5-18,20H,2H2,1,3-4H3. The van der Waals surface area contributed by atoms with Gasteiger partial charge in [-0.3, -0.25) is 9.36 Å². The van der Waals surface area contributed by atoms with E-state index in [1.807, 2.05) is 32.0 Å². The average molecular weight is 509 g/mol. The molecule has 0 radical (unpaired) electrons. The van der Waals surface area contributed by atoms with Gasteiger partial charge >= 0.3 is 0 Å². The second-order valence-corrected chi connectivity index (χ2v) is 9.10. The van der Waals surface area contributed by atoms with Crippen LogP contribution in [0.4, 0.5) is 14.6 Å². The van der Waals surface area contributed by atoms with E-state index in [4.69, 9.17) is 5.10 Å². The molecule has 2 heterocycles. The topological polar surface area (TPSA) is 52.2 Å². The van der Waals surface area contributed by atoms with Crippen LogP contribution in [0, 0.1) is 11.6 Å². The molecule has 5 nitrogen and oxygen atoms in total. The number of aliphatic imine (C=N–C) groups is 1. The Morgan fingerprint density at radius 1 is 1.03 bits per heavy atom. The highest BCUT2D eigenvalue weighted by atomic mass is 19.1. The molecule has 38 heavy (non-hydrogen) atoms. The molecular formula is C31H26F2N4O. The van der Waals surface area contributed by atoms with Crippen molar-refractivity contribution >= 4 is 28.4 Å². The van der Waals surface area contributed by atoms with Crippen molar-refractivity contribution in [2.75, 3.05) is 0 Å². The van der Waals surface area contributed by atoms with Crippen LogP contribution in [0.5, 0.6) is 0 Å². The zero-order valence-electron chi connectivity index (χ0n) is 21.3. The van der Waals surface area contributed by atoms with Gasteiger partial charge in [0.15, 0.2) is 5.82 Å². The van der Waals surface area contributed by atoms with Crippen LogP contribution in [0.25, 0.3) is 33.3 Å². The van der Waals surface area contributed by atoms with Gasteiger partial charge in [-0.1, -0.05) is 49.0 Å². The minimum atomic E-state index is -0.579. The Morgan fingerprint density at radius 3 is 2.45 bits per heavy atom. The van der Waals surface area contributed by atoms with E-state index < -0.39 is 17.4 Å². The fourth-order valence-corrected chi connectivity index (χ4v) is 4.79. The quantitative estimate of drug-likeness (QED) is 0.223. The third-order valence-electron chi connectivity index (χ3n) is 6.50. The fourth-order valence-electron chi connectivity index (χ4n) is 4.79. The van der Waals surface area contributed by atoms with Crippen LogP contribution in [-0.2, 0) is 0 Å². The van der Waals surface area contributed by atoms with Crippen molar-refractivity contribution in [2.24, 2.45) is 4.99 Å². The number of allylic oxidation sites excluding steroid dienone is 1. The molecule has 7 heteroatoms. The molecule has 0 amide bonds. The molecule has 1 unspecified atom stereocenters. The zero-order valence-corrected chi connectivity index (χ0v) is 21.3. The smallest absolute Gasteiger partial charge is 0.266 e. The van der Waals surface area contributed by atoms with Gasteiger partial charge in [0.1, 0.15) is 17.3 Å². The van der Waals surface area contributed by atoms with Crippen molar-refractivity contribution in [3.8, 4) is 16.9 Å². The Balaban J connectivity index is 1.84. The number of benzene rings is 3. The highest BCUT2D eigenvalue weighted by Gasteiger charge is 2.26. The van der Waals surface area contributed by atoms with Crippen molar-refractivity contribution in [3.05, 3.63) is 119 Å². The largest absolute Gasteiger partial charge is 0.278 e. The summed E-state index contributed by atoms with van der Waals surface area (Å²) in [5.41, 5.74) is 3.24. The molecule has 5 rings (SSSR count). The summed E-state index contributed by atoms with van der Waals surface area (Å²) < 4.78 is 32.2. The molecule has 0 aliphatic rings. The van der Waals surface area contributed by atoms with E-state index in [1.54, 1.807) is 60.3 Å². The van der Waals surface area contributed by atoms with Crippen molar-refractivity contribution in [1.29, 1.82) is 0 Å². The highest BCUT2D eigenvalue weighted by Crippen LogP contribution is 2.39. The first kappa shape index (κ1) is 25.0. The van der Waals surface area contributed by atoms with Gasteiger partial charge in [-0.15, -0.1) is 0 Å². The van der Waals surface area contributed by atoms with E-state index in [0.717, 1.165) is 0 Å². The van der Waals surface area contributed by atoms with Gasteiger partial charge in [0, 0.05) is 23.0 Å². The molecule has 0 spiro atoms. The first-order valence-corrected chi connectivity index (χ1v) is 12.2. The van der Waals surface area contributed by atoms with Gasteiger partial charge in [-0.05, 0) is 68.1 Å². The van der Waals surface area contributed by atoms with Crippen molar-refractivity contribution in [3.63, 3.8) is 0 Å². The molecule has 0 saturated heterocycles. The van der Waals surface area contributed by atoms with Crippen LogP contribution in [0.3, 0.4) is 0 Å². The summed E-state index contributed by atoms with van der Waals surface area (Å²) in [6, 6.07) is 21.2. The molecule has 0 aliphatic heterocycles. The van der Waals surface area contributed by atoms with Crippen LogP contribution < -0.4 is 5.56 Å². The van der Waals surface area contributed by atoms with Gasteiger partial charge in [0.05, 0.1) is 17.1 Å². The second-order valence-electron chi connectivity index (χ2n) is 9.10. The number of rotatable bonds is 6. The predicted molar refractivity (Wildman–Crippen MR) is 149 cm³/mol. The summed E-state index contributed by atoms with van der Waals surface area (Å²) in [4.78, 5) is 18.4. The molecule has 3 aromatic carbocycles. The number of nitrogens with zero attached hydrogens (tertiary/aromatic N) is 4. The zero-order chi connectivity index (χ0) is 27.0. The lowest BCUT2D eigenvalue weighted by atomic mass is 10.0. The van der Waals surface area contributed by atoms with Crippen LogP contribution in [-0.4, -0.2) is 20.6 Å². The SMILES string of the molecule is C=C(C)c1c(-c2cccc(F)c2)nn(C(C)c2cc3cccc(F)c3c(=O)n2-c2ccccc2)c1N=CC. The van der Waals surface area contributed by atoms with Gasteiger partial charge < -0.3 is 0 Å². The minimum absolute atomic E-state index is 0.0163. The Labute approximate surface area is 219 Å². The summed E-state index contributed by atoms with van der Waals surface area (Å²) in [5.74, 6) is -0.435. The van der Waals surface area contributed by atoms with E-state index in [0.29, 0.717) is 45.0 Å². The van der Waals surface area contributed by atoms with E-state index in [1.165, 1.54) is 22.8 Å². The number of fused-ring (bicyclic) bond motifs is 1. The first-order valence-electron chi connectivity index (χ1n) is 12.2. The number of hydrogen-bond acceptors (Lipinski definition) is 3. The van der Waals surface area contributed by atoms with Gasteiger partial charge in [-0.2, -0.15) is 5.10 Å². The molecular weight excluding hydrogens is 482 g/mol. The van der Waals surface area contributed by atoms with E-state index in [9.17, 15) is 13.6 Å². The highest BCUT2D eigenvalue weighted by molar-refractivity contribution is 5.85. The molecule has 190 valence electrons. The van der Waals surface area contributed by atoms with Gasteiger partial charge in [0.25, 0.3) is 5.56 Å². The summed E-state index contributed by atoms with van der Waals surface area (Å²) in [7, 11) is 0. The molecule has 0 saturated carbocycles. The minimum Gasteiger partial charge on any atom is -0.278 e. The van der Waals surface area contributed by atoms with Crippen molar-refractivity contribution < 1.29 is 8.78 Å². The number of para-hydroxylation sites is 1. The van der Waals surface area contributed by atoms with Gasteiger partial charge in [0.2, 0.25) is 0 Å². The van der Waals surface area contributed by atoms with Crippen molar-refractivity contribution in [1.82, 2.24) is 14.3 Å². The van der Waals surface area contributed by atoms with Crippen LogP contribution in [0.2, 0.25) is 0 Å². The lowest BCUT2D eigenvalue weighted by Crippen LogP contribution is -2.26. The first-order chi connectivity index (χ1) is 18.3. The molecule has 1 atom stereocenters. The Bertz CT molecular complexity index is 1770. The maximum absolute atomic E-state index is 14.8. The predicted octanol–water partition coefficient (Wildman–Crippen LogP) is 7.50. The number of aromatic nitrogens is 3. The van der Waals surface area contributed by atoms with E-state index in [-0.39, 0.29) is 11.2 Å². The Morgan fingerprint density at radius 2 is 1.76 bits per heavy atom. The summed E-state index contributed by atoms with van der Waals surface area (Å²) in [5, 5.41) is 5.39. The summed E-state index contributed by atoms with van der Waals surface area (Å²) in [6.45, 7) is 9.68. The van der Waals surface area contributed by atoms with Gasteiger partial charge in [-0.25, -0.2) is 18.5 Å². The monoisotopic (exact) mass is 508 g/mol. The molecule has 0 bridgehead atoms.